The lowest BCUT2D eigenvalue weighted by molar-refractivity contribution is -0.144. The van der Waals surface area contributed by atoms with Crippen LogP contribution in [-0.2, 0) is 56.0 Å². The molecule has 0 aliphatic carbocycles. The van der Waals surface area contributed by atoms with E-state index in [0.717, 1.165) is 87.0 Å². The van der Waals surface area contributed by atoms with Crippen molar-refractivity contribution in [3.05, 3.63) is 116 Å². The third kappa shape index (κ3) is 19.0. The number of amides is 5. The van der Waals surface area contributed by atoms with Crippen molar-refractivity contribution in [3.8, 4) is 21.6 Å². The Bertz CT molecular complexity index is 3390. The molecule has 2 saturated heterocycles. The zero-order valence-corrected chi connectivity index (χ0v) is 53.2. The second kappa shape index (κ2) is 32.3. The number of pyridine rings is 2. The number of aromatic amines is 1. The molecular weight excluding hydrogens is 1160 g/mol. The van der Waals surface area contributed by atoms with Gasteiger partial charge in [0.05, 0.1) is 92.3 Å². The minimum absolute atomic E-state index is 0.0287. The summed E-state index contributed by atoms with van der Waals surface area (Å²) in [5, 5.41) is 27.5. The number of piperazine rings is 1. The highest BCUT2D eigenvalue weighted by molar-refractivity contribution is 7.13. The summed E-state index contributed by atoms with van der Waals surface area (Å²) in [5.74, 6) is -0.979. The van der Waals surface area contributed by atoms with Crippen molar-refractivity contribution in [3.63, 3.8) is 0 Å². The van der Waals surface area contributed by atoms with Gasteiger partial charge in [-0.1, -0.05) is 45.0 Å². The first-order chi connectivity index (χ1) is 42.7. The van der Waals surface area contributed by atoms with Crippen molar-refractivity contribution in [2.75, 3.05) is 117 Å². The molecule has 2 aromatic carbocycles. The van der Waals surface area contributed by atoms with E-state index in [0.29, 0.717) is 57.3 Å². The summed E-state index contributed by atoms with van der Waals surface area (Å²) in [6.45, 7) is 21.7. The minimum Gasteiger partial charge on any atom is -0.391 e. The number of β-amino-alcohol motifs (C(OH)–C–C–N with tert-alkyl or cyclic N) is 1. The standard InChI is InChI=1S/C64H86N12O12S/c1-41(2)76-53-31-48(30-50(52(53)36-70-76)60(80)68-35-51-42(3)29-43(4)71-61(51)81)47-13-14-55(66-34-47)74-19-17-73(18-20-74)16-15-65-56(78)38-87-27-25-85-23-21-84-22-24-86-26-28-88-39-57(79)72-59(64(6,7)8)63(83)75-37-49(77)32-54(75)62(82)67-33-45-9-11-46(12-10-45)58-44(5)69-40-89-58/h9-14,29-31,34,36,40-41,49,54,59,77H,15-28,32-33,35,37-39H2,1-8H3,(H,65,78)(H,67,82)(H,68,80)(H,71,81)(H,72,79)/t49-,54+,59-/m1/s1. The van der Waals surface area contributed by atoms with Gasteiger partial charge in [0.15, 0.2) is 0 Å². The highest BCUT2D eigenvalue weighted by atomic mass is 32.1. The molecule has 24 nitrogen and oxygen atoms in total. The van der Waals surface area contributed by atoms with Crippen molar-refractivity contribution in [2.45, 2.75) is 99.1 Å². The van der Waals surface area contributed by atoms with Gasteiger partial charge in [-0.15, -0.1) is 11.3 Å². The Morgan fingerprint density at radius 3 is 2.01 bits per heavy atom. The third-order valence-corrected chi connectivity index (χ3v) is 16.5. The minimum atomic E-state index is -0.981. The van der Waals surface area contributed by atoms with E-state index in [1.165, 1.54) is 4.90 Å². The Hall–Kier alpha value is -7.49. The van der Waals surface area contributed by atoms with Crippen LogP contribution in [0.1, 0.15) is 85.5 Å². The van der Waals surface area contributed by atoms with E-state index in [4.69, 9.17) is 28.7 Å². The third-order valence-electron chi connectivity index (χ3n) is 15.6. The molecule has 89 heavy (non-hydrogen) atoms. The van der Waals surface area contributed by atoms with E-state index in [1.54, 1.807) is 17.5 Å². The number of benzene rings is 2. The second-order valence-corrected chi connectivity index (χ2v) is 24.6. The number of nitrogens with one attached hydrogen (secondary N) is 5. The number of fused-ring (bicyclic) bond motifs is 1. The van der Waals surface area contributed by atoms with Crippen molar-refractivity contribution in [2.24, 2.45) is 5.41 Å². The number of hydrogen-bond acceptors (Lipinski definition) is 18. The molecule has 480 valence electrons. The molecule has 4 aromatic heterocycles. The number of H-pyrrole nitrogens is 1. The molecule has 8 rings (SSSR count). The number of rotatable bonds is 31. The van der Waals surface area contributed by atoms with Crippen molar-refractivity contribution < 1.29 is 52.8 Å². The van der Waals surface area contributed by atoms with Gasteiger partial charge < -0.3 is 64.8 Å². The lowest BCUT2D eigenvalue weighted by atomic mass is 9.85. The number of carbonyl (C=O) groups is 5. The van der Waals surface area contributed by atoms with Crippen LogP contribution in [0.2, 0.25) is 0 Å². The van der Waals surface area contributed by atoms with Crippen LogP contribution < -0.4 is 31.7 Å². The van der Waals surface area contributed by atoms with Crippen molar-refractivity contribution in [1.82, 2.24) is 55.8 Å². The van der Waals surface area contributed by atoms with Gasteiger partial charge in [-0.05, 0) is 92.6 Å². The van der Waals surface area contributed by atoms with Crippen LogP contribution in [0.15, 0.2) is 77.3 Å². The van der Waals surface area contributed by atoms with Gasteiger partial charge in [0, 0.05) is 99.8 Å². The Balaban J connectivity index is 0.630. The van der Waals surface area contributed by atoms with E-state index in [1.807, 2.05) is 126 Å². The average molecular weight is 1250 g/mol. The number of aromatic nitrogens is 5. The van der Waals surface area contributed by atoms with Crippen LogP contribution in [0, 0.1) is 26.2 Å². The summed E-state index contributed by atoms with van der Waals surface area (Å²) in [7, 11) is 0. The van der Waals surface area contributed by atoms with Crippen LogP contribution in [-0.4, -0.2) is 199 Å². The number of thiazole rings is 1. The molecule has 6 aromatic rings. The number of aliphatic hydroxyl groups is 1. The summed E-state index contributed by atoms with van der Waals surface area (Å²) in [4.78, 5) is 98.3. The van der Waals surface area contributed by atoms with Crippen LogP contribution in [0.25, 0.3) is 32.5 Å². The van der Waals surface area contributed by atoms with Gasteiger partial charge in [-0.25, -0.2) is 9.97 Å². The Morgan fingerprint density at radius 1 is 0.753 bits per heavy atom. The summed E-state index contributed by atoms with van der Waals surface area (Å²) >= 11 is 1.57. The number of anilines is 1. The molecule has 0 radical (unpaired) electrons. The summed E-state index contributed by atoms with van der Waals surface area (Å²) in [6.07, 6.45) is 2.75. The molecule has 0 bridgehead atoms. The molecule has 2 aliphatic heterocycles. The monoisotopic (exact) mass is 1250 g/mol. The molecule has 6 heterocycles. The number of hydrogen-bond donors (Lipinski definition) is 6. The van der Waals surface area contributed by atoms with E-state index in [-0.39, 0.29) is 88.4 Å². The largest absolute Gasteiger partial charge is 0.391 e. The summed E-state index contributed by atoms with van der Waals surface area (Å²) in [6, 6.07) is 15.8. The smallest absolute Gasteiger partial charge is 0.253 e. The van der Waals surface area contributed by atoms with Gasteiger partial charge >= 0.3 is 0 Å². The molecule has 5 amide bonds. The normalized spacial score (nSPS) is 15.8. The predicted molar refractivity (Wildman–Crippen MR) is 338 cm³/mol. The fourth-order valence-electron chi connectivity index (χ4n) is 10.7. The van der Waals surface area contributed by atoms with Crippen molar-refractivity contribution >= 4 is 57.6 Å². The molecule has 0 spiro atoms. The maximum atomic E-state index is 14.0. The molecule has 25 heteroatoms. The van der Waals surface area contributed by atoms with Gasteiger partial charge in [0.2, 0.25) is 23.6 Å². The zero-order valence-electron chi connectivity index (χ0n) is 52.4. The number of aliphatic hydroxyl groups excluding tert-OH is 1. The topological polar surface area (TPSA) is 286 Å². The fourth-order valence-corrected chi connectivity index (χ4v) is 11.5. The number of aryl methyl sites for hydroxylation is 3. The van der Waals surface area contributed by atoms with Crippen LogP contribution in [0.3, 0.4) is 0 Å². The first kappa shape index (κ1) is 67.4. The molecular formula is C64H86N12O12S. The zero-order chi connectivity index (χ0) is 63.6. The van der Waals surface area contributed by atoms with E-state index < -0.39 is 35.4 Å². The Labute approximate surface area is 523 Å². The molecule has 2 aliphatic rings. The van der Waals surface area contributed by atoms with Gasteiger partial charge in [-0.2, -0.15) is 5.10 Å². The van der Waals surface area contributed by atoms with Gasteiger partial charge in [-0.3, -0.25) is 38.3 Å². The van der Waals surface area contributed by atoms with Crippen LogP contribution in [0.4, 0.5) is 5.82 Å². The summed E-state index contributed by atoms with van der Waals surface area (Å²) in [5.41, 5.74) is 8.83. The Morgan fingerprint density at radius 2 is 1.40 bits per heavy atom. The number of likely N-dealkylation sites (tertiary alicyclic amines) is 1. The highest BCUT2D eigenvalue weighted by Gasteiger charge is 2.44. The molecule has 0 saturated carbocycles. The first-order valence-corrected chi connectivity index (χ1v) is 31.2. The Kier molecular flexibility index (Phi) is 24.5. The van der Waals surface area contributed by atoms with Gasteiger partial charge in [0.25, 0.3) is 11.5 Å². The maximum absolute atomic E-state index is 14.0. The van der Waals surface area contributed by atoms with E-state index >= 15 is 0 Å². The van der Waals surface area contributed by atoms with E-state index in [2.05, 4.69) is 46.1 Å². The molecule has 3 atom stereocenters. The quantitative estimate of drug-likeness (QED) is 0.0327. The number of nitrogens with zero attached hydrogens (tertiary/aromatic N) is 7. The number of carbonyl (C=O) groups excluding carboxylic acids is 5. The van der Waals surface area contributed by atoms with Crippen LogP contribution >= 0.6 is 11.3 Å². The SMILES string of the molecule is Cc1cc(C)c(CNC(=O)c2cc(-c3ccc(N4CCN(CCNC(=O)COCCOCCOCCOCCOCC(=O)N[C@H](C(=O)N5C[C@H](O)C[C@H]5C(=O)NCc5ccc(-c6scnc6C)cc5)C(C)(C)C)CC4)nc3)cc3c2cnn3C(C)C)c(=O)[nH]1. The highest BCUT2D eigenvalue weighted by Crippen LogP contribution is 2.32. The molecule has 0 unspecified atom stereocenters. The maximum Gasteiger partial charge on any atom is 0.253 e. The molecule has 6 N–H and O–H groups in total. The fraction of sp³-hybridized carbons (Fsp3) is 0.516. The lowest BCUT2D eigenvalue weighted by Gasteiger charge is -2.35. The van der Waals surface area contributed by atoms with Gasteiger partial charge in [0.1, 0.15) is 31.1 Å². The average Bonchev–Trinajstić information content (AvgIpc) is 1.81. The van der Waals surface area contributed by atoms with Crippen molar-refractivity contribution in [1.29, 1.82) is 0 Å². The van der Waals surface area contributed by atoms with E-state index in [9.17, 15) is 33.9 Å². The lowest BCUT2D eigenvalue weighted by Crippen LogP contribution is -2.58. The number of ether oxygens (including phenoxy) is 5. The van der Waals surface area contributed by atoms with Crippen LogP contribution in [0.5, 0.6) is 0 Å². The second-order valence-electron chi connectivity index (χ2n) is 23.7. The summed E-state index contributed by atoms with van der Waals surface area (Å²) < 4.78 is 29.6. The molecule has 2 fully saturated rings. The first-order valence-electron chi connectivity index (χ1n) is 30.4. The predicted octanol–water partition coefficient (Wildman–Crippen LogP) is 4.48.